The van der Waals surface area contributed by atoms with E-state index in [4.69, 9.17) is 4.18 Å². The van der Waals surface area contributed by atoms with Crippen molar-refractivity contribution in [1.29, 1.82) is 0 Å². The monoisotopic (exact) mass is 368 g/mol. The summed E-state index contributed by atoms with van der Waals surface area (Å²) in [5, 5.41) is 0. The van der Waals surface area contributed by atoms with Crippen LogP contribution >= 0.6 is 15.9 Å². The molecule has 110 valence electrons. The Bertz CT molecular complexity index is 780. The zero-order valence-electron chi connectivity index (χ0n) is 11.5. The lowest BCUT2D eigenvalue weighted by Gasteiger charge is -2.09. The minimum absolute atomic E-state index is 0.0590. The number of carbonyl (C=O) groups excluding carboxylic acids is 1. The number of carbonyl (C=O) groups is 1. The van der Waals surface area contributed by atoms with Gasteiger partial charge in [0.25, 0.3) is 0 Å². The minimum Gasteiger partial charge on any atom is -0.379 e. The summed E-state index contributed by atoms with van der Waals surface area (Å²) >= 11 is 3.22. The van der Waals surface area contributed by atoms with Gasteiger partial charge in [-0.15, -0.1) is 0 Å². The van der Waals surface area contributed by atoms with Gasteiger partial charge in [-0.05, 0) is 71.7 Å². The number of Topliss-reactive ketones (excluding diaryl/α,β-unsaturated/α-hetero) is 1. The highest BCUT2D eigenvalue weighted by Crippen LogP contribution is 2.26. The molecule has 0 fully saturated rings. The van der Waals surface area contributed by atoms with Gasteiger partial charge in [-0.1, -0.05) is 6.07 Å². The number of hydrogen-bond donors (Lipinski definition) is 0. The Morgan fingerprint density at radius 2 is 1.71 bits per heavy atom. The van der Waals surface area contributed by atoms with Gasteiger partial charge in [0.15, 0.2) is 5.78 Å². The fourth-order valence-electron chi connectivity index (χ4n) is 1.73. The van der Waals surface area contributed by atoms with Gasteiger partial charge in [0, 0.05) is 10.0 Å². The third-order valence-corrected chi connectivity index (χ3v) is 5.05. The maximum atomic E-state index is 12.2. The summed E-state index contributed by atoms with van der Waals surface area (Å²) in [5.74, 6) is 0.0677. The molecule has 0 bridgehead atoms. The Morgan fingerprint density at radius 1 is 1.10 bits per heavy atom. The van der Waals surface area contributed by atoms with Crippen LogP contribution < -0.4 is 4.18 Å². The fraction of sp³-hybridized carbons (Fsp3) is 0.133. The van der Waals surface area contributed by atoms with Crippen LogP contribution in [-0.2, 0) is 10.1 Å². The molecule has 4 nitrogen and oxygen atoms in total. The maximum absolute atomic E-state index is 12.2. The number of hydrogen-bond acceptors (Lipinski definition) is 4. The van der Waals surface area contributed by atoms with Crippen LogP contribution in [0.4, 0.5) is 0 Å². The van der Waals surface area contributed by atoms with Gasteiger partial charge in [-0.2, -0.15) is 8.42 Å². The standard InChI is InChI=1S/C15H13BrO4S/c1-10-3-8-15(14(16)9-10)21(18,19)20-13-6-4-12(5-7-13)11(2)17/h3-9H,1-2H3. The number of rotatable bonds is 4. The second-order valence-corrected chi connectivity index (χ2v) is 6.92. The van der Waals surface area contributed by atoms with Gasteiger partial charge >= 0.3 is 10.1 Å². The van der Waals surface area contributed by atoms with Crippen LogP contribution in [0.1, 0.15) is 22.8 Å². The van der Waals surface area contributed by atoms with E-state index in [0.29, 0.717) is 10.0 Å². The first-order chi connectivity index (χ1) is 9.79. The van der Waals surface area contributed by atoms with Gasteiger partial charge in [-0.3, -0.25) is 4.79 Å². The first-order valence-electron chi connectivity index (χ1n) is 6.11. The van der Waals surface area contributed by atoms with Gasteiger partial charge in [0.2, 0.25) is 0 Å². The molecule has 21 heavy (non-hydrogen) atoms. The van der Waals surface area contributed by atoms with Crippen molar-refractivity contribution >= 4 is 31.8 Å². The summed E-state index contributed by atoms with van der Waals surface area (Å²) < 4.78 is 30.0. The third-order valence-electron chi connectivity index (χ3n) is 2.82. The second kappa shape index (κ2) is 5.99. The van der Waals surface area contributed by atoms with Crippen molar-refractivity contribution in [2.75, 3.05) is 0 Å². The molecule has 0 N–H and O–H groups in total. The highest BCUT2D eigenvalue weighted by Gasteiger charge is 2.20. The van der Waals surface area contributed by atoms with Gasteiger partial charge in [-0.25, -0.2) is 0 Å². The van der Waals surface area contributed by atoms with E-state index in [1.54, 1.807) is 12.1 Å². The molecule has 0 spiro atoms. The molecule has 2 aromatic rings. The molecule has 0 saturated carbocycles. The van der Waals surface area contributed by atoms with Crippen molar-refractivity contribution in [2.45, 2.75) is 18.7 Å². The van der Waals surface area contributed by atoms with E-state index >= 15 is 0 Å². The average Bonchev–Trinajstić information content (AvgIpc) is 2.38. The highest BCUT2D eigenvalue weighted by molar-refractivity contribution is 9.10. The summed E-state index contributed by atoms with van der Waals surface area (Å²) in [7, 11) is -3.93. The smallest absolute Gasteiger partial charge is 0.340 e. The largest absolute Gasteiger partial charge is 0.379 e. The zero-order chi connectivity index (χ0) is 15.6. The molecule has 0 saturated heterocycles. The Kier molecular flexibility index (Phi) is 4.49. The highest BCUT2D eigenvalue weighted by atomic mass is 79.9. The first kappa shape index (κ1) is 15.7. The van der Waals surface area contributed by atoms with Crippen LogP contribution in [0, 0.1) is 6.92 Å². The maximum Gasteiger partial charge on any atom is 0.340 e. The Balaban J connectivity index is 2.30. The molecule has 2 rings (SSSR count). The lowest BCUT2D eigenvalue weighted by atomic mass is 10.1. The van der Waals surface area contributed by atoms with E-state index in [2.05, 4.69) is 15.9 Å². The van der Waals surface area contributed by atoms with Crippen LogP contribution in [0.5, 0.6) is 5.75 Å². The van der Waals surface area contributed by atoms with E-state index < -0.39 is 10.1 Å². The lowest BCUT2D eigenvalue weighted by Crippen LogP contribution is -2.10. The van der Waals surface area contributed by atoms with Gasteiger partial charge in [0.1, 0.15) is 10.6 Å². The van der Waals surface area contributed by atoms with Crippen molar-refractivity contribution in [3.8, 4) is 5.75 Å². The van der Waals surface area contributed by atoms with E-state index in [-0.39, 0.29) is 16.4 Å². The molecular weight excluding hydrogens is 356 g/mol. The molecular formula is C15H13BrO4S. The number of ketones is 1. The predicted molar refractivity (Wildman–Crippen MR) is 83.1 cm³/mol. The third kappa shape index (κ3) is 3.71. The summed E-state index contributed by atoms with van der Waals surface area (Å²) in [6, 6.07) is 10.8. The SMILES string of the molecule is CC(=O)c1ccc(OS(=O)(=O)c2ccc(C)cc2Br)cc1. The van der Waals surface area contributed by atoms with Crippen LogP contribution in [0.25, 0.3) is 0 Å². The number of halogens is 1. The Morgan fingerprint density at radius 3 is 2.24 bits per heavy atom. The molecule has 2 aromatic carbocycles. The molecule has 0 heterocycles. The Labute approximate surface area is 132 Å². The minimum atomic E-state index is -3.93. The molecule has 0 aliphatic heterocycles. The summed E-state index contributed by atoms with van der Waals surface area (Å²) in [5.41, 5.74) is 1.43. The molecule has 0 aliphatic carbocycles. The van der Waals surface area contributed by atoms with Crippen molar-refractivity contribution in [1.82, 2.24) is 0 Å². The van der Waals surface area contributed by atoms with E-state index in [1.807, 2.05) is 6.92 Å². The molecule has 6 heteroatoms. The number of benzene rings is 2. The molecule has 0 aliphatic rings. The first-order valence-corrected chi connectivity index (χ1v) is 8.31. The van der Waals surface area contributed by atoms with Gasteiger partial charge < -0.3 is 4.18 Å². The quantitative estimate of drug-likeness (QED) is 0.609. The average molecular weight is 369 g/mol. The topological polar surface area (TPSA) is 60.4 Å². The molecule has 0 amide bonds. The van der Waals surface area contributed by atoms with Crippen LogP contribution in [0.15, 0.2) is 51.8 Å². The molecule has 0 aromatic heterocycles. The zero-order valence-corrected chi connectivity index (χ0v) is 13.9. The summed E-state index contributed by atoms with van der Waals surface area (Å²) in [6.07, 6.45) is 0. The van der Waals surface area contributed by atoms with Crippen LogP contribution in [-0.4, -0.2) is 14.2 Å². The van der Waals surface area contributed by atoms with E-state index in [9.17, 15) is 13.2 Å². The molecule has 0 unspecified atom stereocenters. The van der Waals surface area contributed by atoms with Crippen molar-refractivity contribution < 1.29 is 17.4 Å². The fourth-order valence-corrected chi connectivity index (χ4v) is 3.80. The van der Waals surface area contributed by atoms with Crippen molar-refractivity contribution in [3.05, 3.63) is 58.1 Å². The lowest BCUT2D eigenvalue weighted by molar-refractivity contribution is 0.101. The van der Waals surface area contributed by atoms with Crippen LogP contribution in [0.2, 0.25) is 0 Å². The van der Waals surface area contributed by atoms with Crippen molar-refractivity contribution in [2.24, 2.45) is 0 Å². The summed E-state index contributed by atoms with van der Waals surface area (Å²) in [6.45, 7) is 3.30. The normalized spacial score (nSPS) is 11.2. The Hall–Kier alpha value is -1.66. The molecule has 0 radical (unpaired) electrons. The van der Waals surface area contributed by atoms with Gasteiger partial charge in [0.05, 0.1) is 0 Å². The second-order valence-electron chi connectivity index (χ2n) is 4.55. The summed E-state index contributed by atoms with van der Waals surface area (Å²) in [4.78, 5) is 11.2. The number of aryl methyl sites for hydroxylation is 1. The van der Waals surface area contributed by atoms with Crippen LogP contribution in [0.3, 0.4) is 0 Å². The predicted octanol–water partition coefficient (Wildman–Crippen LogP) is 3.73. The van der Waals surface area contributed by atoms with E-state index in [0.717, 1.165) is 5.56 Å². The van der Waals surface area contributed by atoms with Crippen molar-refractivity contribution in [3.63, 3.8) is 0 Å². The van der Waals surface area contributed by atoms with E-state index in [1.165, 1.54) is 37.3 Å². The molecule has 0 atom stereocenters.